The second kappa shape index (κ2) is 4.34. The molecule has 1 aromatic heterocycles. The third-order valence-corrected chi connectivity index (χ3v) is 3.55. The van der Waals surface area contributed by atoms with Crippen LogP contribution in [-0.4, -0.2) is 50.8 Å². The smallest absolute Gasteiger partial charge is 0.326 e. The number of hydrogen-bond donors (Lipinski definition) is 2. The van der Waals surface area contributed by atoms with Gasteiger partial charge in [0, 0.05) is 24.9 Å². The fourth-order valence-electron chi connectivity index (χ4n) is 2.37. The first-order chi connectivity index (χ1) is 9.06. The molecule has 1 saturated carbocycles. The van der Waals surface area contributed by atoms with Crippen molar-refractivity contribution in [3.05, 3.63) is 17.5 Å². The number of carbonyl (C=O) groups is 2. The minimum absolute atomic E-state index is 0.0153. The number of carboxylic acids is 1. The molecule has 1 aliphatic heterocycles. The molecule has 2 fully saturated rings. The van der Waals surface area contributed by atoms with Gasteiger partial charge in [-0.15, -0.1) is 0 Å². The summed E-state index contributed by atoms with van der Waals surface area (Å²) in [6, 6.07) is 0.576. The summed E-state index contributed by atoms with van der Waals surface area (Å²) in [5.74, 6) is -0.598. The number of hydrogen-bond acceptors (Lipinski definition) is 5. The Balaban J connectivity index is 1.79. The molecule has 2 atom stereocenters. The molecule has 0 radical (unpaired) electrons. The van der Waals surface area contributed by atoms with E-state index in [1.807, 2.05) is 0 Å². The summed E-state index contributed by atoms with van der Waals surface area (Å²) in [4.78, 5) is 24.4. The van der Waals surface area contributed by atoms with Crippen molar-refractivity contribution in [2.24, 2.45) is 0 Å². The number of aliphatic hydroxyl groups is 1. The molecule has 1 aromatic rings. The van der Waals surface area contributed by atoms with Gasteiger partial charge in [-0.05, 0) is 12.8 Å². The Morgan fingerprint density at radius 3 is 2.79 bits per heavy atom. The average molecular weight is 266 g/mol. The van der Waals surface area contributed by atoms with Crippen LogP contribution in [0.1, 0.15) is 41.4 Å². The maximum Gasteiger partial charge on any atom is 0.326 e. The van der Waals surface area contributed by atoms with Crippen molar-refractivity contribution < 1.29 is 24.3 Å². The van der Waals surface area contributed by atoms with Crippen LogP contribution in [-0.2, 0) is 4.79 Å². The molecule has 1 aliphatic carbocycles. The molecule has 0 spiro atoms. The van der Waals surface area contributed by atoms with E-state index in [9.17, 15) is 14.7 Å². The number of carboxylic acid groups (broad SMARTS) is 1. The van der Waals surface area contributed by atoms with Crippen LogP contribution in [0.3, 0.4) is 0 Å². The van der Waals surface area contributed by atoms with Gasteiger partial charge in [0.05, 0.1) is 6.10 Å². The Morgan fingerprint density at radius 2 is 2.16 bits per heavy atom. The van der Waals surface area contributed by atoms with Gasteiger partial charge in [0.1, 0.15) is 11.8 Å². The van der Waals surface area contributed by atoms with Crippen LogP contribution in [0.2, 0.25) is 0 Å². The quantitative estimate of drug-likeness (QED) is 0.810. The van der Waals surface area contributed by atoms with E-state index in [0.717, 1.165) is 17.7 Å². The molecule has 7 heteroatoms. The third kappa shape index (κ3) is 2.21. The third-order valence-electron chi connectivity index (χ3n) is 3.55. The predicted molar refractivity (Wildman–Crippen MR) is 61.6 cm³/mol. The predicted octanol–water partition coefficient (Wildman–Crippen LogP) is 0.212. The van der Waals surface area contributed by atoms with E-state index in [4.69, 9.17) is 9.63 Å². The molecule has 102 valence electrons. The zero-order chi connectivity index (χ0) is 13.6. The number of β-amino-alcohol motifs (C(OH)–C–C–N with tert-alkyl or cyclic N) is 1. The highest BCUT2D eigenvalue weighted by atomic mass is 16.5. The van der Waals surface area contributed by atoms with E-state index in [-0.39, 0.29) is 18.7 Å². The Hall–Kier alpha value is -1.89. The fraction of sp³-hybridized carbons (Fsp3) is 0.583. The molecule has 7 nitrogen and oxygen atoms in total. The Labute approximate surface area is 108 Å². The molecular weight excluding hydrogens is 252 g/mol. The van der Waals surface area contributed by atoms with Crippen LogP contribution in [0.25, 0.3) is 0 Å². The summed E-state index contributed by atoms with van der Waals surface area (Å²) in [7, 11) is 0. The zero-order valence-electron chi connectivity index (χ0n) is 10.2. The van der Waals surface area contributed by atoms with Gasteiger partial charge in [0.25, 0.3) is 5.91 Å². The van der Waals surface area contributed by atoms with Gasteiger partial charge in [-0.3, -0.25) is 4.79 Å². The number of aliphatic carboxylic acids is 1. The van der Waals surface area contributed by atoms with Crippen molar-refractivity contribution in [3.8, 4) is 0 Å². The van der Waals surface area contributed by atoms with Crippen molar-refractivity contribution in [1.82, 2.24) is 10.1 Å². The van der Waals surface area contributed by atoms with Crippen molar-refractivity contribution in [2.45, 2.75) is 37.3 Å². The van der Waals surface area contributed by atoms with Crippen LogP contribution in [0, 0.1) is 0 Å². The molecule has 2 N–H and O–H groups in total. The summed E-state index contributed by atoms with van der Waals surface area (Å²) in [6.07, 6.45) is 1.31. The van der Waals surface area contributed by atoms with Crippen LogP contribution >= 0.6 is 0 Å². The van der Waals surface area contributed by atoms with Crippen LogP contribution in [0.5, 0.6) is 0 Å². The zero-order valence-corrected chi connectivity index (χ0v) is 10.2. The van der Waals surface area contributed by atoms with Crippen LogP contribution in [0.15, 0.2) is 10.6 Å². The number of rotatable bonds is 3. The molecule has 1 amide bonds. The van der Waals surface area contributed by atoms with E-state index in [1.54, 1.807) is 6.07 Å². The first-order valence-electron chi connectivity index (χ1n) is 6.24. The van der Waals surface area contributed by atoms with Crippen molar-refractivity contribution in [1.29, 1.82) is 0 Å². The lowest BCUT2D eigenvalue weighted by Gasteiger charge is -2.19. The summed E-state index contributed by atoms with van der Waals surface area (Å²) in [5, 5.41) is 22.3. The summed E-state index contributed by atoms with van der Waals surface area (Å²) in [6.45, 7) is 0.0153. The van der Waals surface area contributed by atoms with Crippen molar-refractivity contribution >= 4 is 11.9 Å². The number of carbonyl (C=O) groups excluding carboxylic acids is 1. The molecule has 1 saturated heterocycles. The highest BCUT2D eigenvalue weighted by Gasteiger charge is 2.40. The molecule has 0 aromatic carbocycles. The van der Waals surface area contributed by atoms with E-state index >= 15 is 0 Å². The Kier molecular flexibility index (Phi) is 2.78. The highest BCUT2D eigenvalue weighted by molar-refractivity contribution is 5.95. The molecule has 19 heavy (non-hydrogen) atoms. The lowest BCUT2D eigenvalue weighted by Crippen LogP contribution is -2.40. The second-order valence-electron chi connectivity index (χ2n) is 5.09. The Bertz CT molecular complexity index is 522. The minimum atomic E-state index is -1.11. The number of amides is 1. The van der Waals surface area contributed by atoms with Crippen LogP contribution in [0.4, 0.5) is 0 Å². The van der Waals surface area contributed by atoms with E-state index in [1.165, 1.54) is 0 Å². The topological polar surface area (TPSA) is 104 Å². The molecule has 0 bridgehead atoms. The minimum Gasteiger partial charge on any atom is -0.480 e. The summed E-state index contributed by atoms with van der Waals surface area (Å²) < 4.78 is 5.08. The largest absolute Gasteiger partial charge is 0.480 e. The first-order valence-corrected chi connectivity index (χ1v) is 6.24. The normalized spacial score (nSPS) is 26.7. The molecule has 2 aliphatic rings. The first kappa shape index (κ1) is 12.2. The molecular formula is C12H14N2O5. The number of nitrogens with zero attached hydrogens (tertiary/aromatic N) is 2. The SMILES string of the molecule is O=C(O)[C@@H]1C[C@@H](O)CN1C(=O)c1cc(C2CC2)on1. The highest BCUT2D eigenvalue weighted by Crippen LogP contribution is 2.40. The molecule has 3 rings (SSSR count). The summed E-state index contributed by atoms with van der Waals surface area (Å²) >= 11 is 0. The van der Waals surface area contributed by atoms with Crippen molar-refractivity contribution in [2.75, 3.05) is 6.54 Å². The molecule has 2 heterocycles. The van der Waals surface area contributed by atoms with Gasteiger partial charge in [0.2, 0.25) is 0 Å². The lowest BCUT2D eigenvalue weighted by atomic mass is 10.2. The second-order valence-corrected chi connectivity index (χ2v) is 5.09. The average Bonchev–Trinajstić information content (AvgIpc) is 2.96. The van der Waals surface area contributed by atoms with Gasteiger partial charge in [-0.1, -0.05) is 5.16 Å². The van der Waals surface area contributed by atoms with E-state index < -0.39 is 24.0 Å². The molecule has 0 unspecified atom stereocenters. The van der Waals surface area contributed by atoms with Crippen molar-refractivity contribution in [3.63, 3.8) is 0 Å². The van der Waals surface area contributed by atoms with E-state index in [0.29, 0.717) is 11.7 Å². The standard InChI is InChI=1S/C12H14N2O5/c15-7-3-9(12(17)18)14(5-7)11(16)8-4-10(19-13-8)6-1-2-6/h4,6-7,9,15H,1-3,5H2,(H,17,18)/t7-,9+/m1/s1. The number of likely N-dealkylation sites (tertiary alicyclic amines) is 1. The monoisotopic (exact) mass is 266 g/mol. The maximum atomic E-state index is 12.2. The van der Waals surface area contributed by atoms with E-state index in [2.05, 4.69) is 5.16 Å². The summed E-state index contributed by atoms with van der Waals surface area (Å²) in [5.41, 5.74) is 0.113. The maximum absolute atomic E-state index is 12.2. The van der Waals surface area contributed by atoms with Gasteiger partial charge >= 0.3 is 5.97 Å². The van der Waals surface area contributed by atoms with Gasteiger partial charge < -0.3 is 19.6 Å². The number of aromatic nitrogens is 1. The fourth-order valence-corrected chi connectivity index (χ4v) is 2.37. The Morgan fingerprint density at radius 1 is 1.42 bits per heavy atom. The lowest BCUT2D eigenvalue weighted by molar-refractivity contribution is -0.141. The van der Waals surface area contributed by atoms with Gasteiger partial charge in [0.15, 0.2) is 5.69 Å². The number of aliphatic hydroxyl groups excluding tert-OH is 1. The van der Waals surface area contributed by atoms with Gasteiger partial charge in [-0.2, -0.15) is 0 Å². The van der Waals surface area contributed by atoms with Crippen LogP contribution < -0.4 is 0 Å². The van der Waals surface area contributed by atoms with Gasteiger partial charge in [-0.25, -0.2) is 4.79 Å².